The molecule has 6 aromatic rings. The van der Waals surface area contributed by atoms with Gasteiger partial charge in [0.05, 0.1) is 0 Å². The molecule has 0 fully saturated rings. The Labute approximate surface area is 164 Å². The van der Waals surface area contributed by atoms with Crippen LogP contribution in [0.1, 0.15) is 0 Å². The molecule has 0 spiro atoms. The van der Waals surface area contributed by atoms with Gasteiger partial charge in [0.2, 0.25) is 0 Å². The minimum Gasteiger partial charge on any atom is -0.0966 e. The van der Waals surface area contributed by atoms with Crippen LogP contribution in [0.5, 0.6) is 0 Å². The number of fused-ring (bicyclic) bond motifs is 5. The van der Waals surface area contributed by atoms with Gasteiger partial charge in [-0.15, -0.1) is 0 Å². The number of hydrogen-bond donors (Lipinski definition) is 0. The predicted molar refractivity (Wildman–Crippen MR) is 136 cm³/mol. The summed E-state index contributed by atoms with van der Waals surface area (Å²) in [6, 6.07) is 29.9. The van der Waals surface area contributed by atoms with E-state index in [0.717, 1.165) is 0 Å². The smallest absolute Gasteiger partial charge is 0.0131 e. The summed E-state index contributed by atoms with van der Waals surface area (Å²) in [7, 11) is 4.88. The molecule has 0 saturated carbocycles. The molecular weight excluding hydrogens is 419 g/mol. The molecule has 5 aromatic carbocycles. The highest BCUT2D eigenvalue weighted by molar-refractivity contribution is 8.61. The van der Waals surface area contributed by atoms with E-state index in [1.807, 2.05) is 0 Å². The second-order valence-corrected chi connectivity index (χ2v) is 24.4. The van der Waals surface area contributed by atoms with Crippen LogP contribution in [0.15, 0.2) is 78.9 Å². The molecule has 6 rings (SSSR count). The molecule has 0 nitrogen and oxygen atoms in total. The van der Waals surface area contributed by atoms with Gasteiger partial charge in [-0.3, -0.25) is 0 Å². The van der Waals surface area contributed by atoms with Crippen LogP contribution >= 0.6 is 37.1 Å². The SMILES string of the molecule is c1ccc2cc3c(ccc4cc5cccc(-p6[pH][pH][pH][pH]6)c5cc43)cc2c1. The number of rotatable bonds is 1. The van der Waals surface area contributed by atoms with Crippen molar-refractivity contribution in [2.75, 3.05) is 0 Å². The van der Waals surface area contributed by atoms with Crippen LogP contribution in [0.25, 0.3) is 48.4 Å². The van der Waals surface area contributed by atoms with E-state index in [9.17, 15) is 0 Å². The minimum atomic E-state index is 0.113. The first-order valence-corrected chi connectivity index (χ1v) is 19.0. The molecule has 0 amide bonds. The molecule has 0 saturated heterocycles. The Morgan fingerprint density at radius 1 is 0.481 bits per heavy atom. The first-order chi connectivity index (χ1) is 13.4. The fraction of sp³-hybridized carbons (Fsp3) is 0. The van der Waals surface area contributed by atoms with Crippen LogP contribution in [-0.2, 0) is 0 Å². The van der Waals surface area contributed by atoms with Gasteiger partial charge < -0.3 is 0 Å². The van der Waals surface area contributed by atoms with Crippen molar-refractivity contribution >= 4 is 80.2 Å². The lowest BCUT2D eigenvalue weighted by Gasteiger charge is -2.11. The van der Waals surface area contributed by atoms with E-state index >= 15 is 0 Å². The zero-order chi connectivity index (χ0) is 17.8. The predicted octanol–water partition coefficient (Wildman–Crippen LogP) is 9.52. The molecule has 4 unspecified atom stereocenters. The van der Waals surface area contributed by atoms with Crippen molar-refractivity contribution in [1.29, 1.82) is 0 Å². The summed E-state index contributed by atoms with van der Waals surface area (Å²) in [6.45, 7) is 0.113. The van der Waals surface area contributed by atoms with Gasteiger partial charge >= 0.3 is 0 Å². The molecule has 0 aliphatic carbocycles. The van der Waals surface area contributed by atoms with Gasteiger partial charge in [-0.2, -0.15) is 0 Å². The van der Waals surface area contributed by atoms with Crippen LogP contribution in [0.4, 0.5) is 0 Å². The molecule has 1 aromatic heterocycles. The molecule has 1 heterocycles. The van der Waals surface area contributed by atoms with Crippen LogP contribution in [0, 0.1) is 0 Å². The van der Waals surface area contributed by atoms with Gasteiger partial charge in [-0.1, -0.05) is 85.6 Å². The van der Waals surface area contributed by atoms with Gasteiger partial charge in [0.15, 0.2) is 0 Å². The number of benzene rings is 5. The monoisotopic (exact) mass is 436 g/mol. The largest absolute Gasteiger partial charge is 0.0966 e. The standard InChI is InChI=1S/C22H17P5/c1-2-5-15-12-19-17(10-14(15)4-1)8-9-18-11-16-6-3-7-22(21(16)13-20(18)19)27-25-23-24-26-27/h1-13,23-26H. The molecule has 0 radical (unpaired) electrons. The fourth-order valence-electron chi connectivity index (χ4n) is 4.02. The molecule has 0 N–H and O–H groups in total. The zero-order valence-electron chi connectivity index (χ0n) is 14.5. The van der Waals surface area contributed by atoms with Crippen LogP contribution in [0.3, 0.4) is 0 Å². The molecule has 0 aliphatic heterocycles. The van der Waals surface area contributed by atoms with Gasteiger partial charge in [-0.25, -0.2) is 0 Å². The molecule has 27 heavy (non-hydrogen) atoms. The molecule has 0 bridgehead atoms. The first-order valence-electron chi connectivity index (χ1n) is 8.96. The molecular formula is C22H17P5. The van der Waals surface area contributed by atoms with Crippen molar-refractivity contribution < 1.29 is 0 Å². The summed E-state index contributed by atoms with van der Waals surface area (Å²) in [5.41, 5.74) is 0. The van der Waals surface area contributed by atoms with Crippen LogP contribution in [-0.4, -0.2) is 0 Å². The van der Waals surface area contributed by atoms with Crippen molar-refractivity contribution in [3.05, 3.63) is 78.9 Å². The average molecular weight is 436 g/mol. The van der Waals surface area contributed by atoms with Gasteiger partial charge in [0.25, 0.3) is 0 Å². The Morgan fingerprint density at radius 3 is 1.85 bits per heavy atom. The van der Waals surface area contributed by atoms with Gasteiger partial charge in [-0.05, 0) is 73.4 Å². The lowest BCUT2D eigenvalue weighted by atomic mass is 9.96. The van der Waals surface area contributed by atoms with E-state index in [4.69, 9.17) is 0 Å². The summed E-state index contributed by atoms with van der Waals surface area (Å²) in [4.78, 5) is 0. The lowest BCUT2D eigenvalue weighted by Crippen LogP contribution is -1.82. The maximum atomic E-state index is 2.50. The lowest BCUT2D eigenvalue weighted by molar-refractivity contribution is 1.79. The minimum absolute atomic E-state index is 0.113. The van der Waals surface area contributed by atoms with Crippen molar-refractivity contribution in [3.8, 4) is 5.30 Å². The highest BCUT2D eigenvalue weighted by atomic mass is 32.6. The molecule has 5 heteroatoms. The van der Waals surface area contributed by atoms with Gasteiger partial charge in [0.1, 0.15) is 0 Å². The van der Waals surface area contributed by atoms with E-state index in [-0.39, 0.29) is 6.89 Å². The van der Waals surface area contributed by atoms with Gasteiger partial charge in [0, 0.05) is 5.30 Å². The topological polar surface area (TPSA) is 0 Å². The average Bonchev–Trinajstić information content (AvgIpc) is 3.25. The molecule has 0 aliphatic rings. The quantitative estimate of drug-likeness (QED) is 0.178. The molecule has 4 atom stereocenters. The maximum Gasteiger partial charge on any atom is 0.0131 e. The first kappa shape index (κ1) is 16.6. The third-order valence-corrected chi connectivity index (χ3v) is 33.4. The summed E-state index contributed by atoms with van der Waals surface area (Å²) < 4.78 is 0. The van der Waals surface area contributed by atoms with Crippen LogP contribution in [0.2, 0.25) is 0 Å². The summed E-state index contributed by atoms with van der Waals surface area (Å²) in [6.07, 6.45) is 0. The van der Waals surface area contributed by atoms with Crippen LogP contribution < -0.4 is 0 Å². The van der Waals surface area contributed by atoms with E-state index < -0.39 is 0 Å². The maximum absolute atomic E-state index is 2.50. The second kappa shape index (κ2) is 6.61. The highest BCUT2D eigenvalue weighted by Gasteiger charge is 2.08. The fourth-order valence-corrected chi connectivity index (χ4v) is 47.3. The van der Waals surface area contributed by atoms with E-state index in [1.54, 1.807) is 5.30 Å². The number of hydrogen-bond acceptors (Lipinski definition) is 0. The zero-order valence-corrected chi connectivity index (χ0v) is 19.3. The second-order valence-electron chi connectivity index (χ2n) is 6.87. The van der Waals surface area contributed by atoms with Crippen molar-refractivity contribution in [2.45, 2.75) is 0 Å². The van der Waals surface area contributed by atoms with E-state index in [0.29, 0.717) is 0 Å². The van der Waals surface area contributed by atoms with Crippen molar-refractivity contribution in [1.82, 2.24) is 0 Å². The van der Waals surface area contributed by atoms with Crippen molar-refractivity contribution in [2.24, 2.45) is 0 Å². The van der Waals surface area contributed by atoms with E-state index in [2.05, 4.69) is 78.9 Å². The Balaban J connectivity index is 1.77. The highest BCUT2D eigenvalue weighted by Crippen LogP contribution is 2.66. The third kappa shape index (κ3) is 2.76. The Kier molecular flexibility index (Phi) is 4.06. The third-order valence-electron chi connectivity index (χ3n) is 5.32. The summed E-state index contributed by atoms with van der Waals surface area (Å²) in [5, 5.41) is 12.7. The Morgan fingerprint density at radius 2 is 1.07 bits per heavy atom. The van der Waals surface area contributed by atoms with Crippen molar-refractivity contribution in [3.63, 3.8) is 0 Å². The Hall–Kier alpha value is -1.36. The summed E-state index contributed by atoms with van der Waals surface area (Å²) >= 11 is 0. The Bertz CT molecular complexity index is 1470. The summed E-state index contributed by atoms with van der Waals surface area (Å²) in [5.74, 6) is 0. The normalized spacial score (nSPS) is 13.6. The van der Waals surface area contributed by atoms with E-state index in [1.165, 1.54) is 73.3 Å². The molecule has 130 valence electrons.